The first-order valence-electron chi connectivity index (χ1n) is 8.51. The maximum absolute atomic E-state index is 9.52. The summed E-state index contributed by atoms with van der Waals surface area (Å²) in [5, 5.41) is 18.6. The Bertz CT molecular complexity index is 877. The van der Waals surface area contributed by atoms with Gasteiger partial charge in [-0.2, -0.15) is 5.26 Å². The lowest BCUT2D eigenvalue weighted by Gasteiger charge is -2.20. The first-order valence-corrected chi connectivity index (χ1v) is 8.51. The van der Waals surface area contributed by atoms with E-state index in [9.17, 15) is 5.26 Å². The van der Waals surface area contributed by atoms with E-state index in [1.807, 2.05) is 36.4 Å². The largest absolute Gasteiger partial charge is 0.349 e. The zero-order valence-electron chi connectivity index (χ0n) is 14.6. The SMILES string of the molecule is CCc1ccccc1-n1nc(C#N)c(N(CC)Cc2ccccc2)n1. The molecule has 25 heavy (non-hydrogen) atoms. The number of rotatable bonds is 6. The highest BCUT2D eigenvalue weighted by atomic mass is 15.5. The molecule has 0 saturated heterocycles. The van der Waals surface area contributed by atoms with Gasteiger partial charge in [0.2, 0.25) is 5.69 Å². The number of anilines is 1. The second kappa shape index (κ2) is 7.63. The quantitative estimate of drug-likeness (QED) is 0.690. The molecule has 0 unspecified atom stereocenters. The molecular weight excluding hydrogens is 310 g/mol. The van der Waals surface area contributed by atoms with Crippen LogP contribution in [0.2, 0.25) is 0 Å². The lowest BCUT2D eigenvalue weighted by molar-refractivity contribution is 0.726. The van der Waals surface area contributed by atoms with E-state index in [1.165, 1.54) is 5.56 Å². The second-order valence-corrected chi connectivity index (χ2v) is 5.76. The summed E-state index contributed by atoms with van der Waals surface area (Å²) in [5.41, 5.74) is 3.60. The highest BCUT2D eigenvalue weighted by molar-refractivity contribution is 5.51. The van der Waals surface area contributed by atoms with Crippen molar-refractivity contribution >= 4 is 5.82 Å². The van der Waals surface area contributed by atoms with Gasteiger partial charge < -0.3 is 4.90 Å². The van der Waals surface area contributed by atoms with Gasteiger partial charge in [-0.3, -0.25) is 0 Å². The van der Waals surface area contributed by atoms with Crippen molar-refractivity contribution in [1.29, 1.82) is 5.26 Å². The van der Waals surface area contributed by atoms with Crippen LogP contribution in [-0.4, -0.2) is 21.5 Å². The molecular formula is C20H21N5. The topological polar surface area (TPSA) is 57.7 Å². The number of nitrogens with zero attached hydrogens (tertiary/aromatic N) is 5. The Morgan fingerprint density at radius 3 is 2.40 bits per heavy atom. The molecule has 0 saturated carbocycles. The van der Waals surface area contributed by atoms with Gasteiger partial charge in [-0.25, -0.2) is 0 Å². The zero-order valence-corrected chi connectivity index (χ0v) is 14.6. The highest BCUT2D eigenvalue weighted by Gasteiger charge is 2.18. The molecule has 0 aliphatic heterocycles. The number of aryl methyl sites for hydroxylation is 1. The Kier molecular flexibility index (Phi) is 5.10. The van der Waals surface area contributed by atoms with E-state index in [2.05, 4.69) is 53.2 Å². The average molecular weight is 331 g/mol. The van der Waals surface area contributed by atoms with Crippen LogP contribution in [-0.2, 0) is 13.0 Å². The predicted molar refractivity (Wildman–Crippen MR) is 98.6 cm³/mol. The molecule has 0 aliphatic rings. The van der Waals surface area contributed by atoms with Crippen LogP contribution in [0.25, 0.3) is 5.69 Å². The monoisotopic (exact) mass is 331 g/mol. The molecule has 0 N–H and O–H groups in total. The van der Waals surface area contributed by atoms with Crippen LogP contribution in [0.3, 0.4) is 0 Å². The van der Waals surface area contributed by atoms with E-state index in [1.54, 1.807) is 4.80 Å². The summed E-state index contributed by atoms with van der Waals surface area (Å²) < 4.78 is 0. The summed E-state index contributed by atoms with van der Waals surface area (Å²) in [6, 6.07) is 20.4. The van der Waals surface area contributed by atoms with Gasteiger partial charge in [0.1, 0.15) is 6.07 Å². The van der Waals surface area contributed by atoms with E-state index >= 15 is 0 Å². The molecule has 2 aromatic carbocycles. The lowest BCUT2D eigenvalue weighted by Crippen LogP contribution is -2.23. The molecule has 0 aliphatic carbocycles. The number of benzene rings is 2. The number of nitriles is 1. The molecule has 0 amide bonds. The second-order valence-electron chi connectivity index (χ2n) is 5.76. The number of hydrogen-bond donors (Lipinski definition) is 0. The molecule has 1 aromatic heterocycles. The predicted octanol–water partition coefficient (Wildman–Crippen LogP) is 3.73. The van der Waals surface area contributed by atoms with E-state index in [-0.39, 0.29) is 0 Å². The van der Waals surface area contributed by atoms with E-state index < -0.39 is 0 Å². The van der Waals surface area contributed by atoms with Crippen molar-refractivity contribution in [1.82, 2.24) is 15.0 Å². The van der Waals surface area contributed by atoms with Gasteiger partial charge in [-0.15, -0.1) is 15.0 Å². The zero-order chi connectivity index (χ0) is 17.6. The fourth-order valence-electron chi connectivity index (χ4n) is 2.84. The molecule has 0 spiro atoms. The van der Waals surface area contributed by atoms with Crippen molar-refractivity contribution in [2.45, 2.75) is 26.8 Å². The summed E-state index contributed by atoms with van der Waals surface area (Å²) in [7, 11) is 0. The van der Waals surface area contributed by atoms with Crippen molar-refractivity contribution in [2.75, 3.05) is 11.4 Å². The van der Waals surface area contributed by atoms with Crippen molar-refractivity contribution in [3.05, 3.63) is 71.4 Å². The minimum absolute atomic E-state index is 0.351. The number of para-hydroxylation sites is 1. The van der Waals surface area contributed by atoms with Crippen molar-refractivity contribution < 1.29 is 0 Å². The molecule has 0 bridgehead atoms. The fraction of sp³-hybridized carbons (Fsp3) is 0.250. The summed E-state index contributed by atoms with van der Waals surface area (Å²) in [4.78, 5) is 3.66. The maximum Gasteiger partial charge on any atom is 0.207 e. The van der Waals surface area contributed by atoms with E-state index in [0.29, 0.717) is 18.1 Å². The summed E-state index contributed by atoms with van der Waals surface area (Å²) in [6.45, 7) is 5.60. The Hall–Kier alpha value is -3.13. The molecule has 0 fully saturated rings. The standard InChI is InChI=1S/C20H21N5/c1-3-17-12-8-9-13-19(17)25-22-18(14-21)20(23-25)24(4-2)15-16-10-6-5-7-11-16/h5-13H,3-4,15H2,1-2H3. The van der Waals surface area contributed by atoms with Gasteiger partial charge in [0, 0.05) is 13.1 Å². The maximum atomic E-state index is 9.52. The highest BCUT2D eigenvalue weighted by Crippen LogP contribution is 2.21. The molecule has 0 atom stereocenters. The Labute approximate surface area is 148 Å². The van der Waals surface area contributed by atoms with Gasteiger partial charge >= 0.3 is 0 Å². The van der Waals surface area contributed by atoms with Crippen LogP contribution in [0.5, 0.6) is 0 Å². The van der Waals surface area contributed by atoms with Gasteiger partial charge in [-0.1, -0.05) is 55.5 Å². The van der Waals surface area contributed by atoms with E-state index in [0.717, 1.165) is 24.2 Å². The summed E-state index contributed by atoms with van der Waals surface area (Å²) >= 11 is 0. The van der Waals surface area contributed by atoms with Crippen molar-refractivity contribution in [3.8, 4) is 11.8 Å². The normalized spacial score (nSPS) is 10.4. The third-order valence-corrected chi connectivity index (χ3v) is 4.19. The Balaban J connectivity index is 1.98. The third-order valence-electron chi connectivity index (χ3n) is 4.19. The third kappa shape index (κ3) is 3.53. The van der Waals surface area contributed by atoms with Crippen LogP contribution >= 0.6 is 0 Å². The van der Waals surface area contributed by atoms with Crippen molar-refractivity contribution in [2.24, 2.45) is 0 Å². The minimum Gasteiger partial charge on any atom is -0.349 e. The first kappa shape index (κ1) is 16.7. The molecule has 0 radical (unpaired) electrons. The van der Waals surface area contributed by atoms with Crippen LogP contribution in [0.15, 0.2) is 54.6 Å². The summed E-state index contributed by atoms with van der Waals surface area (Å²) in [5.74, 6) is 0.625. The van der Waals surface area contributed by atoms with Crippen LogP contribution < -0.4 is 4.90 Å². The summed E-state index contributed by atoms with van der Waals surface area (Å²) in [6.07, 6.45) is 0.885. The molecule has 5 nitrogen and oxygen atoms in total. The number of hydrogen-bond acceptors (Lipinski definition) is 4. The van der Waals surface area contributed by atoms with Gasteiger partial charge in [0.15, 0.2) is 5.82 Å². The van der Waals surface area contributed by atoms with E-state index in [4.69, 9.17) is 0 Å². The smallest absolute Gasteiger partial charge is 0.207 e. The van der Waals surface area contributed by atoms with Crippen LogP contribution in [0, 0.1) is 11.3 Å². The minimum atomic E-state index is 0.351. The first-order chi connectivity index (χ1) is 12.3. The van der Waals surface area contributed by atoms with Gasteiger partial charge in [0.05, 0.1) is 5.69 Å². The van der Waals surface area contributed by atoms with Crippen LogP contribution in [0.1, 0.15) is 30.7 Å². The number of aromatic nitrogens is 3. The molecule has 126 valence electrons. The van der Waals surface area contributed by atoms with Gasteiger partial charge in [-0.05, 0) is 30.5 Å². The van der Waals surface area contributed by atoms with Gasteiger partial charge in [0.25, 0.3) is 0 Å². The molecule has 3 rings (SSSR count). The fourth-order valence-corrected chi connectivity index (χ4v) is 2.84. The Morgan fingerprint density at radius 1 is 1.00 bits per heavy atom. The van der Waals surface area contributed by atoms with Crippen LogP contribution in [0.4, 0.5) is 5.82 Å². The Morgan fingerprint density at radius 2 is 1.72 bits per heavy atom. The molecule has 1 heterocycles. The van der Waals surface area contributed by atoms with Crippen molar-refractivity contribution in [3.63, 3.8) is 0 Å². The molecule has 5 heteroatoms. The lowest BCUT2D eigenvalue weighted by atomic mass is 10.1. The molecule has 3 aromatic rings. The average Bonchev–Trinajstić information content (AvgIpc) is 3.11.